The Hall–Kier alpha value is -3.19. The second-order valence-electron chi connectivity index (χ2n) is 7.67. The van der Waals surface area contributed by atoms with Gasteiger partial charge in [0.1, 0.15) is 11.9 Å². The summed E-state index contributed by atoms with van der Waals surface area (Å²) < 4.78 is 53.7. The van der Waals surface area contributed by atoms with Crippen LogP contribution in [0.4, 0.5) is 23.2 Å². The molecule has 0 saturated carbocycles. The molecule has 168 valence electrons. The first kappa shape index (κ1) is 23.5. The van der Waals surface area contributed by atoms with Crippen LogP contribution in [0.5, 0.6) is 0 Å². The molecule has 0 aliphatic heterocycles. The van der Waals surface area contributed by atoms with Crippen molar-refractivity contribution in [1.29, 1.82) is 0 Å². The number of nitrogens with two attached hydrogens (primary N) is 1. The van der Waals surface area contributed by atoms with Gasteiger partial charge in [0.15, 0.2) is 0 Å². The second kappa shape index (κ2) is 9.53. The van der Waals surface area contributed by atoms with E-state index >= 15 is 0 Å². The minimum atomic E-state index is -4.79. The maximum Gasteiger partial charge on any atom is 0.419 e. The Balaban J connectivity index is 1.93. The molecule has 32 heavy (non-hydrogen) atoms. The third-order valence-electron chi connectivity index (χ3n) is 5.48. The van der Waals surface area contributed by atoms with Crippen molar-refractivity contribution >= 4 is 11.6 Å². The summed E-state index contributed by atoms with van der Waals surface area (Å²) >= 11 is 0. The Morgan fingerprint density at radius 1 is 0.969 bits per heavy atom. The van der Waals surface area contributed by atoms with Crippen LogP contribution >= 0.6 is 0 Å². The van der Waals surface area contributed by atoms with Gasteiger partial charge in [-0.15, -0.1) is 0 Å². The monoisotopic (exact) mass is 444 g/mol. The van der Waals surface area contributed by atoms with Crippen molar-refractivity contribution in [2.24, 2.45) is 5.73 Å². The average molecular weight is 444 g/mol. The summed E-state index contributed by atoms with van der Waals surface area (Å²) in [5.41, 5.74) is 7.90. The minimum Gasteiger partial charge on any atom is -0.316 e. The van der Waals surface area contributed by atoms with Gasteiger partial charge in [0, 0.05) is 12.2 Å². The van der Waals surface area contributed by atoms with E-state index in [4.69, 9.17) is 5.73 Å². The van der Waals surface area contributed by atoms with Crippen LogP contribution in [0.25, 0.3) is 0 Å². The number of hydrogen-bond donors (Lipinski definition) is 1. The zero-order valence-corrected chi connectivity index (χ0v) is 17.8. The van der Waals surface area contributed by atoms with Crippen molar-refractivity contribution in [2.45, 2.75) is 32.5 Å². The highest BCUT2D eigenvalue weighted by molar-refractivity contribution is 5.97. The normalized spacial score (nSPS) is 12.5. The lowest BCUT2D eigenvalue weighted by Gasteiger charge is -2.27. The molecular formula is C25H24F4N2O. The summed E-state index contributed by atoms with van der Waals surface area (Å²) in [4.78, 5) is 14.7. The molecule has 0 bridgehead atoms. The van der Waals surface area contributed by atoms with E-state index in [1.54, 1.807) is 36.4 Å². The molecule has 7 heteroatoms. The second-order valence-corrected chi connectivity index (χ2v) is 7.67. The minimum absolute atomic E-state index is 0.0277. The number of alkyl halides is 3. The molecule has 0 aliphatic carbocycles. The fraction of sp³-hybridized carbons (Fsp3) is 0.240. The zero-order chi connectivity index (χ0) is 23.5. The number of halogens is 4. The van der Waals surface area contributed by atoms with E-state index in [1.807, 2.05) is 26.0 Å². The van der Waals surface area contributed by atoms with Crippen LogP contribution in [0.1, 0.15) is 33.9 Å². The summed E-state index contributed by atoms with van der Waals surface area (Å²) in [5.74, 6) is -1.74. The van der Waals surface area contributed by atoms with Crippen LogP contribution in [0.3, 0.4) is 0 Å². The van der Waals surface area contributed by atoms with Crippen LogP contribution in [-0.4, -0.2) is 12.5 Å². The number of hydrogen-bond acceptors (Lipinski definition) is 2. The molecule has 0 aliphatic rings. The number of carbonyl (C=O) groups is 1. The predicted molar refractivity (Wildman–Crippen MR) is 117 cm³/mol. The summed E-state index contributed by atoms with van der Waals surface area (Å²) in [6.07, 6.45) is -4.89. The third-order valence-corrected chi connectivity index (χ3v) is 5.48. The van der Waals surface area contributed by atoms with Crippen molar-refractivity contribution in [1.82, 2.24) is 0 Å². The first-order valence-electron chi connectivity index (χ1n) is 10.1. The largest absolute Gasteiger partial charge is 0.419 e. The highest BCUT2D eigenvalue weighted by atomic mass is 19.4. The van der Waals surface area contributed by atoms with Gasteiger partial charge in [-0.2, -0.15) is 13.2 Å². The molecule has 3 nitrogen and oxygen atoms in total. The van der Waals surface area contributed by atoms with Gasteiger partial charge in [-0.3, -0.25) is 4.79 Å². The molecule has 0 unspecified atom stereocenters. The van der Waals surface area contributed by atoms with Crippen molar-refractivity contribution in [3.63, 3.8) is 0 Å². The lowest BCUT2D eigenvalue weighted by molar-refractivity contribution is -0.140. The third kappa shape index (κ3) is 5.16. The molecule has 3 rings (SSSR count). The van der Waals surface area contributed by atoms with E-state index in [0.717, 1.165) is 11.1 Å². The Bertz CT molecular complexity index is 1100. The molecule has 1 atom stereocenters. The van der Waals surface area contributed by atoms with Crippen molar-refractivity contribution in [3.8, 4) is 0 Å². The van der Waals surface area contributed by atoms with E-state index in [1.165, 1.54) is 17.0 Å². The number of amides is 1. The summed E-state index contributed by atoms with van der Waals surface area (Å²) in [6.45, 7) is 3.80. The van der Waals surface area contributed by atoms with Crippen LogP contribution in [0.15, 0.2) is 66.7 Å². The maximum atomic E-state index is 14.5. The first-order chi connectivity index (χ1) is 15.1. The number of rotatable bonds is 6. The zero-order valence-electron chi connectivity index (χ0n) is 17.8. The molecule has 0 saturated heterocycles. The van der Waals surface area contributed by atoms with Gasteiger partial charge in [-0.05, 0) is 60.7 Å². The van der Waals surface area contributed by atoms with Gasteiger partial charge < -0.3 is 10.6 Å². The van der Waals surface area contributed by atoms with Crippen molar-refractivity contribution < 1.29 is 22.4 Å². The average Bonchev–Trinajstić information content (AvgIpc) is 2.76. The molecule has 3 aromatic rings. The van der Waals surface area contributed by atoms with Gasteiger partial charge in [0.25, 0.3) is 0 Å². The van der Waals surface area contributed by atoms with E-state index in [9.17, 15) is 22.4 Å². The lowest BCUT2D eigenvalue weighted by atomic mass is 10.0. The smallest absolute Gasteiger partial charge is 0.316 e. The van der Waals surface area contributed by atoms with Gasteiger partial charge in [0.2, 0.25) is 5.91 Å². The molecule has 0 aromatic heterocycles. The molecule has 0 radical (unpaired) electrons. The molecular weight excluding hydrogens is 420 g/mol. The van der Waals surface area contributed by atoms with E-state index in [2.05, 4.69) is 0 Å². The predicted octanol–water partition coefficient (Wildman–Crippen LogP) is 5.74. The van der Waals surface area contributed by atoms with Crippen LogP contribution in [0.2, 0.25) is 0 Å². The summed E-state index contributed by atoms with van der Waals surface area (Å²) in [6, 6.07) is 16.4. The number of anilines is 1. The molecule has 0 fully saturated rings. The van der Waals surface area contributed by atoms with E-state index in [0.29, 0.717) is 17.3 Å². The molecule has 0 heterocycles. The Labute approximate surface area is 184 Å². The van der Waals surface area contributed by atoms with E-state index in [-0.39, 0.29) is 18.5 Å². The van der Waals surface area contributed by atoms with Crippen molar-refractivity contribution in [2.75, 3.05) is 11.4 Å². The quantitative estimate of drug-likeness (QED) is 0.493. The van der Waals surface area contributed by atoms with Crippen molar-refractivity contribution in [3.05, 3.63) is 100 Å². The highest BCUT2D eigenvalue weighted by Crippen LogP contribution is 2.33. The summed E-state index contributed by atoms with van der Waals surface area (Å²) in [7, 11) is 0. The van der Waals surface area contributed by atoms with Gasteiger partial charge in [0.05, 0.1) is 5.56 Å². The molecule has 2 N–H and O–H groups in total. The SMILES string of the molecule is Cc1ccc(N(CCc2cccc(C(F)(F)F)c2F)C(=O)[C@@H](N)c2ccccc2)cc1C. The fourth-order valence-corrected chi connectivity index (χ4v) is 3.45. The van der Waals surface area contributed by atoms with Gasteiger partial charge >= 0.3 is 6.18 Å². The molecule has 1 amide bonds. The fourth-order valence-electron chi connectivity index (χ4n) is 3.45. The standard InChI is InChI=1S/C25H24F4N2O/c1-16-11-12-20(15-17(16)2)31(24(32)23(30)19-7-4-3-5-8-19)14-13-18-9-6-10-21(22(18)26)25(27,28)29/h3-12,15,23H,13-14,30H2,1-2H3/t23-/m0/s1. The lowest BCUT2D eigenvalue weighted by Crippen LogP contribution is -2.40. The Kier molecular flexibility index (Phi) is 6.99. The molecule has 3 aromatic carbocycles. The summed E-state index contributed by atoms with van der Waals surface area (Å²) in [5, 5.41) is 0. The van der Waals surface area contributed by atoms with Crippen LogP contribution in [-0.2, 0) is 17.4 Å². The van der Waals surface area contributed by atoms with E-state index < -0.39 is 29.5 Å². The Morgan fingerprint density at radius 3 is 2.28 bits per heavy atom. The van der Waals surface area contributed by atoms with Gasteiger partial charge in [-0.25, -0.2) is 4.39 Å². The highest BCUT2D eigenvalue weighted by Gasteiger charge is 2.35. The number of aryl methyl sites for hydroxylation is 2. The number of benzene rings is 3. The molecule has 0 spiro atoms. The number of nitrogens with zero attached hydrogens (tertiary/aromatic N) is 1. The first-order valence-corrected chi connectivity index (χ1v) is 10.1. The Morgan fingerprint density at radius 2 is 1.66 bits per heavy atom. The maximum absolute atomic E-state index is 14.5. The van der Waals surface area contributed by atoms with Gasteiger partial charge in [-0.1, -0.05) is 48.5 Å². The topological polar surface area (TPSA) is 46.3 Å². The van der Waals surface area contributed by atoms with Crippen LogP contribution < -0.4 is 10.6 Å². The number of carbonyl (C=O) groups excluding carboxylic acids is 1. The van der Waals surface area contributed by atoms with Crippen LogP contribution in [0, 0.1) is 19.7 Å².